The summed E-state index contributed by atoms with van der Waals surface area (Å²) in [4.78, 5) is 12.8. The summed E-state index contributed by atoms with van der Waals surface area (Å²) in [6.45, 7) is 3.83. The number of esters is 1. The Morgan fingerprint density at radius 2 is 2.10 bits per heavy atom. The zero-order valence-electron chi connectivity index (χ0n) is 11.6. The standard InChI is InChI=1S/C15H17NO3S/c1-3-19-15(17)14-10(2)16-20(18,11-8-9-11)13-7-5-4-6-12(13)14/h4-7,11H,3,8-9H2,1-2H3. The summed E-state index contributed by atoms with van der Waals surface area (Å²) in [5.74, 6) is -0.390. The largest absolute Gasteiger partial charge is 0.462 e. The molecule has 1 aromatic carbocycles. The van der Waals surface area contributed by atoms with Crippen molar-refractivity contribution >= 4 is 21.3 Å². The summed E-state index contributed by atoms with van der Waals surface area (Å²) in [6, 6.07) is 7.36. The number of hydrogen-bond donors (Lipinski definition) is 0. The lowest BCUT2D eigenvalue weighted by molar-refractivity contribution is -0.136. The molecule has 20 heavy (non-hydrogen) atoms. The number of carbonyl (C=O) groups is 1. The van der Waals surface area contributed by atoms with Crippen molar-refractivity contribution in [1.82, 2.24) is 0 Å². The number of nitrogens with zero attached hydrogens (tertiary/aromatic N) is 1. The third kappa shape index (κ3) is 1.97. The van der Waals surface area contributed by atoms with Crippen LogP contribution in [-0.2, 0) is 19.3 Å². The van der Waals surface area contributed by atoms with Crippen molar-refractivity contribution < 1.29 is 13.7 Å². The predicted molar refractivity (Wildman–Crippen MR) is 77.5 cm³/mol. The number of allylic oxidation sites excluding steroid dienone is 1. The fourth-order valence-corrected chi connectivity index (χ4v) is 5.16. The average Bonchev–Trinajstić information content (AvgIpc) is 3.23. The Morgan fingerprint density at radius 3 is 2.75 bits per heavy atom. The van der Waals surface area contributed by atoms with Crippen LogP contribution in [0, 0.1) is 0 Å². The van der Waals surface area contributed by atoms with Gasteiger partial charge in [0.1, 0.15) is 0 Å². The zero-order valence-corrected chi connectivity index (χ0v) is 12.4. The molecule has 1 unspecified atom stereocenters. The smallest absolute Gasteiger partial charge is 0.340 e. The van der Waals surface area contributed by atoms with Gasteiger partial charge >= 0.3 is 5.97 Å². The second-order valence-electron chi connectivity index (χ2n) is 5.04. The fourth-order valence-electron chi connectivity index (χ4n) is 2.52. The number of benzene rings is 1. The Labute approximate surface area is 119 Å². The minimum absolute atomic E-state index is 0.127. The molecule has 0 radical (unpaired) electrons. The maximum absolute atomic E-state index is 13.2. The number of fused-ring (bicyclic) bond motifs is 1. The van der Waals surface area contributed by atoms with Crippen molar-refractivity contribution in [2.75, 3.05) is 6.61 Å². The van der Waals surface area contributed by atoms with Crippen molar-refractivity contribution in [3.63, 3.8) is 0 Å². The van der Waals surface area contributed by atoms with Crippen molar-refractivity contribution in [3.05, 3.63) is 35.5 Å². The molecule has 2 aliphatic rings. The third-order valence-electron chi connectivity index (χ3n) is 3.56. The van der Waals surface area contributed by atoms with Crippen molar-refractivity contribution in [3.8, 4) is 0 Å². The minimum Gasteiger partial charge on any atom is -0.462 e. The molecule has 5 heteroatoms. The second-order valence-corrected chi connectivity index (χ2v) is 7.46. The minimum atomic E-state index is -2.43. The molecular weight excluding hydrogens is 274 g/mol. The number of carbonyl (C=O) groups excluding carboxylic acids is 1. The van der Waals surface area contributed by atoms with Crippen LogP contribution in [0.5, 0.6) is 0 Å². The van der Waals surface area contributed by atoms with Gasteiger partial charge in [-0.15, -0.1) is 0 Å². The molecule has 0 amide bonds. The van der Waals surface area contributed by atoms with Gasteiger partial charge < -0.3 is 4.74 Å². The lowest BCUT2D eigenvalue weighted by Gasteiger charge is -2.21. The van der Waals surface area contributed by atoms with Gasteiger partial charge in [0.15, 0.2) is 0 Å². The first-order valence-corrected chi connectivity index (χ1v) is 8.39. The maximum atomic E-state index is 13.2. The van der Waals surface area contributed by atoms with Crippen molar-refractivity contribution in [1.29, 1.82) is 0 Å². The molecule has 106 valence electrons. The molecule has 0 aromatic heterocycles. The molecule has 4 nitrogen and oxygen atoms in total. The highest BCUT2D eigenvalue weighted by Gasteiger charge is 2.39. The van der Waals surface area contributed by atoms with Crippen molar-refractivity contribution in [2.45, 2.75) is 36.8 Å². The molecule has 1 aliphatic heterocycles. The van der Waals surface area contributed by atoms with Gasteiger partial charge in [-0.25, -0.2) is 9.00 Å². The van der Waals surface area contributed by atoms with Crippen LogP contribution in [0.15, 0.2) is 39.2 Å². The van der Waals surface area contributed by atoms with Crippen LogP contribution in [0.1, 0.15) is 32.3 Å². The van der Waals surface area contributed by atoms with E-state index in [1.165, 1.54) is 0 Å². The topological polar surface area (TPSA) is 55.7 Å². The molecule has 1 heterocycles. The Kier molecular flexibility index (Phi) is 3.17. The SMILES string of the molecule is CCOC(=O)C1=C(C)N=S(=O)(C2CC2)c2ccccc21. The van der Waals surface area contributed by atoms with Crippen molar-refractivity contribution in [2.24, 2.45) is 4.36 Å². The summed E-state index contributed by atoms with van der Waals surface area (Å²) in [5, 5.41) is 0.127. The van der Waals surface area contributed by atoms with E-state index in [1.807, 2.05) is 24.3 Å². The van der Waals surface area contributed by atoms with E-state index in [4.69, 9.17) is 4.74 Å². The van der Waals surface area contributed by atoms with Gasteiger partial charge in [-0.05, 0) is 32.8 Å². The molecule has 1 saturated carbocycles. The summed E-state index contributed by atoms with van der Waals surface area (Å²) in [6.07, 6.45) is 1.89. The van der Waals surface area contributed by atoms with Crippen LogP contribution in [0.2, 0.25) is 0 Å². The van der Waals surface area contributed by atoms with E-state index < -0.39 is 15.7 Å². The molecule has 0 spiro atoms. The molecule has 1 atom stereocenters. The summed E-state index contributed by atoms with van der Waals surface area (Å²) in [5.41, 5.74) is 1.69. The molecule has 0 saturated heterocycles. The Bertz CT molecular complexity index is 722. The van der Waals surface area contributed by atoms with Crippen LogP contribution >= 0.6 is 0 Å². The van der Waals surface area contributed by atoms with E-state index in [-0.39, 0.29) is 5.25 Å². The number of hydrogen-bond acceptors (Lipinski definition) is 4. The van der Waals surface area contributed by atoms with Crippen LogP contribution in [-0.4, -0.2) is 22.0 Å². The van der Waals surface area contributed by atoms with Crippen LogP contribution < -0.4 is 0 Å². The normalized spacial score (nSPS) is 24.9. The first-order chi connectivity index (χ1) is 9.58. The zero-order chi connectivity index (χ0) is 14.3. The van der Waals surface area contributed by atoms with Gasteiger partial charge in [0, 0.05) is 10.8 Å². The van der Waals surface area contributed by atoms with Gasteiger partial charge in [0.25, 0.3) is 0 Å². The van der Waals surface area contributed by atoms with E-state index >= 15 is 0 Å². The van der Waals surface area contributed by atoms with E-state index in [2.05, 4.69) is 4.36 Å². The summed E-state index contributed by atoms with van der Waals surface area (Å²) >= 11 is 0. The molecule has 3 rings (SSSR count). The van der Waals surface area contributed by atoms with E-state index in [0.717, 1.165) is 18.4 Å². The molecule has 0 N–H and O–H groups in total. The Morgan fingerprint density at radius 1 is 1.40 bits per heavy atom. The average molecular weight is 291 g/mol. The Hall–Kier alpha value is -1.62. The lowest BCUT2D eigenvalue weighted by Crippen LogP contribution is -2.18. The van der Waals surface area contributed by atoms with Gasteiger partial charge in [0.2, 0.25) is 0 Å². The molecule has 1 fully saturated rings. The molecule has 1 aliphatic carbocycles. The highest BCUT2D eigenvalue weighted by molar-refractivity contribution is 7.94. The van der Waals surface area contributed by atoms with Gasteiger partial charge in [-0.2, -0.15) is 4.36 Å². The lowest BCUT2D eigenvalue weighted by atomic mass is 10.0. The van der Waals surface area contributed by atoms with Gasteiger partial charge in [-0.1, -0.05) is 18.2 Å². The number of rotatable bonds is 3. The maximum Gasteiger partial charge on any atom is 0.340 e. The monoisotopic (exact) mass is 291 g/mol. The van der Waals surface area contributed by atoms with E-state index in [0.29, 0.717) is 22.8 Å². The van der Waals surface area contributed by atoms with Gasteiger partial charge in [-0.3, -0.25) is 0 Å². The van der Waals surface area contributed by atoms with Gasteiger partial charge in [0.05, 0.1) is 32.5 Å². The van der Waals surface area contributed by atoms with Crippen LogP contribution in [0.4, 0.5) is 0 Å². The molecule has 1 aromatic rings. The first-order valence-electron chi connectivity index (χ1n) is 6.81. The predicted octanol–water partition coefficient (Wildman–Crippen LogP) is 2.98. The fraction of sp³-hybridized carbons (Fsp3) is 0.400. The summed E-state index contributed by atoms with van der Waals surface area (Å²) < 4.78 is 22.7. The quantitative estimate of drug-likeness (QED) is 0.804. The van der Waals surface area contributed by atoms with E-state index in [1.54, 1.807) is 13.8 Å². The number of ether oxygens (including phenoxy) is 1. The second kappa shape index (κ2) is 4.74. The third-order valence-corrected chi connectivity index (χ3v) is 6.47. The van der Waals surface area contributed by atoms with E-state index in [9.17, 15) is 9.00 Å². The van der Waals surface area contributed by atoms with Crippen LogP contribution in [0.3, 0.4) is 0 Å². The summed E-state index contributed by atoms with van der Waals surface area (Å²) in [7, 11) is -2.43. The highest BCUT2D eigenvalue weighted by Crippen LogP contribution is 2.42. The van der Waals surface area contributed by atoms with Crippen LogP contribution in [0.25, 0.3) is 5.57 Å². The Balaban J connectivity index is 2.24. The first kappa shape index (κ1) is 13.4. The molecule has 0 bridgehead atoms. The highest BCUT2D eigenvalue weighted by atomic mass is 32.2. The molecular formula is C15H17NO3S.